The predicted octanol–water partition coefficient (Wildman–Crippen LogP) is 5.32. The Bertz CT molecular complexity index is 2450. The van der Waals surface area contributed by atoms with E-state index in [0.29, 0.717) is 43.1 Å². The molecule has 0 unspecified atom stereocenters. The van der Waals surface area contributed by atoms with Gasteiger partial charge in [0.1, 0.15) is 5.82 Å². The average Bonchev–Trinajstić information content (AvgIpc) is 4.11. The molecule has 2 aliphatic heterocycles. The third kappa shape index (κ3) is 10.5. The van der Waals surface area contributed by atoms with Crippen LogP contribution in [0.25, 0.3) is 21.8 Å². The summed E-state index contributed by atoms with van der Waals surface area (Å²) in [5.74, 6) is -0.117. The maximum atomic E-state index is 12.8. The van der Waals surface area contributed by atoms with E-state index in [1.807, 2.05) is 55.7 Å². The van der Waals surface area contributed by atoms with Gasteiger partial charge >= 0.3 is 0 Å². The van der Waals surface area contributed by atoms with Gasteiger partial charge in [0, 0.05) is 83.3 Å². The topological polar surface area (TPSA) is 202 Å². The molecule has 5 N–H and O–H groups in total. The normalized spacial score (nSPS) is 16.9. The van der Waals surface area contributed by atoms with Crippen LogP contribution >= 0.6 is 0 Å². The number of amides is 4. The van der Waals surface area contributed by atoms with Crippen LogP contribution in [0.5, 0.6) is 0 Å². The first-order valence-electron chi connectivity index (χ1n) is 20.2. The second kappa shape index (κ2) is 19.5. The molecule has 2 saturated heterocycles. The van der Waals surface area contributed by atoms with Gasteiger partial charge in [-0.2, -0.15) is 14.6 Å². The summed E-state index contributed by atoms with van der Waals surface area (Å²) in [4.78, 5) is 62.5. The summed E-state index contributed by atoms with van der Waals surface area (Å²) in [6.45, 7) is 9.40. The van der Waals surface area contributed by atoms with Crippen molar-refractivity contribution in [1.29, 1.82) is 0 Å². The number of aromatic amines is 2. The molecule has 61 heavy (non-hydrogen) atoms. The summed E-state index contributed by atoms with van der Waals surface area (Å²) in [7, 11) is 3.52. The number of likely N-dealkylation sites (N-methyl/N-ethyl adjacent to an activating group) is 2. The van der Waals surface area contributed by atoms with Gasteiger partial charge in [-0.05, 0) is 74.2 Å². The molecule has 4 amide bonds. The number of hydrogen-bond donors (Lipinski definition) is 4. The number of benzene rings is 2. The number of aromatic nitrogens is 6. The Kier molecular flexibility index (Phi) is 14.0. The molecule has 6 aromatic rings. The van der Waals surface area contributed by atoms with Crippen molar-refractivity contribution in [3.8, 4) is 0 Å². The van der Waals surface area contributed by atoms with Gasteiger partial charge in [-0.25, -0.2) is 9.97 Å². The lowest BCUT2D eigenvalue weighted by atomic mass is 10.0. The van der Waals surface area contributed by atoms with Gasteiger partial charge in [0.25, 0.3) is 11.8 Å². The van der Waals surface area contributed by atoms with Crippen molar-refractivity contribution in [3.63, 3.8) is 0 Å². The van der Waals surface area contributed by atoms with Gasteiger partial charge in [0.05, 0.1) is 52.7 Å². The van der Waals surface area contributed by atoms with Gasteiger partial charge in [0.2, 0.25) is 17.8 Å². The number of nitrogens with one attached hydrogen (secondary N) is 3. The Morgan fingerprint density at radius 1 is 0.721 bits per heavy atom. The predicted molar refractivity (Wildman–Crippen MR) is 231 cm³/mol. The molecule has 0 aliphatic carbocycles. The Balaban J connectivity index is 0.000000170. The summed E-state index contributed by atoms with van der Waals surface area (Å²) in [6.07, 6.45) is 8.04. The van der Waals surface area contributed by atoms with E-state index in [1.165, 1.54) is 25.3 Å². The number of halogens is 1. The molecule has 8 rings (SSSR count). The molecule has 2 aliphatic rings. The van der Waals surface area contributed by atoms with E-state index in [1.54, 1.807) is 52.9 Å². The fraction of sp³-hybridized carbons (Fsp3) is 0.364. The Labute approximate surface area is 353 Å². The Hall–Kier alpha value is -6.75. The molecule has 4 aromatic heterocycles. The van der Waals surface area contributed by atoms with E-state index in [0.717, 1.165) is 45.8 Å². The highest BCUT2D eigenvalue weighted by molar-refractivity contribution is 5.95. The van der Waals surface area contributed by atoms with Crippen LogP contribution < -0.4 is 11.1 Å². The molecule has 16 nitrogen and oxygen atoms in total. The summed E-state index contributed by atoms with van der Waals surface area (Å²) >= 11 is 0. The first kappa shape index (κ1) is 43.8. The van der Waals surface area contributed by atoms with Crippen LogP contribution in [0.1, 0.15) is 84.5 Å². The molecule has 4 atom stereocenters. The number of anilines is 1. The van der Waals surface area contributed by atoms with E-state index < -0.39 is 5.95 Å². The maximum Gasteiger partial charge on any atom is 0.255 e. The van der Waals surface area contributed by atoms with Gasteiger partial charge in [-0.3, -0.25) is 29.4 Å². The molecular weight excluding hydrogens is 780 g/mol. The van der Waals surface area contributed by atoms with Crippen LogP contribution in [0.3, 0.4) is 0 Å². The molecular formula is C44H53FN12O4. The zero-order valence-electron chi connectivity index (χ0n) is 35.3. The molecule has 6 heterocycles. The van der Waals surface area contributed by atoms with Gasteiger partial charge in [-0.15, -0.1) is 0 Å². The van der Waals surface area contributed by atoms with Crippen LogP contribution in [-0.2, 0) is 9.59 Å². The zero-order valence-corrected chi connectivity index (χ0v) is 35.3. The van der Waals surface area contributed by atoms with Gasteiger partial charge in [0.15, 0.2) is 0 Å². The number of pyridine rings is 2. The van der Waals surface area contributed by atoms with Crippen LogP contribution in [0.4, 0.5) is 10.2 Å². The maximum absolute atomic E-state index is 12.8. The molecule has 17 heteroatoms. The number of carbonyl (C=O) groups excluding carboxylic acids is 4. The monoisotopic (exact) mass is 832 g/mol. The van der Waals surface area contributed by atoms with Gasteiger partial charge < -0.3 is 30.7 Å². The third-order valence-electron chi connectivity index (χ3n) is 11.3. The van der Waals surface area contributed by atoms with E-state index in [-0.39, 0.29) is 47.8 Å². The number of carbonyl (C=O) groups is 4. The fourth-order valence-corrected chi connectivity index (χ4v) is 7.53. The van der Waals surface area contributed by atoms with Crippen LogP contribution in [0, 0.1) is 5.95 Å². The smallest absolute Gasteiger partial charge is 0.255 e. The third-order valence-corrected chi connectivity index (χ3v) is 11.3. The van der Waals surface area contributed by atoms with E-state index >= 15 is 0 Å². The Morgan fingerprint density at radius 2 is 1.21 bits per heavy atom. The number of nitrogens with zero attached hydrogens (tertiary/aromatic N) is 8. The molecule has 2 fully saturated rings. The highest BCUT2D eigenvalue weighted by Gasteiger charge is 2.32. The quantitative estimate of drug-likeness (QED) is 0.146. The lowest BCUT2D eigenvalue weighted by molar-refractivity contribution is -0.130. The van der Waals surface area contributed by atoms with E-state index in [9.17, 15) is 23.6 Å². The number of H-pyrrole nitrogens is 2. The van der Waals surface area contributed by atoms with Crippen LogP contribution in [0.2, 0.25) is 0 Å². The fourth-order valence-electron chi connectivity index (χ4n) is 7.53. The van der Waals surface area contributed by atoms with Crippen molar-refractivity contribution >= 4 is 51.3 Å². The first-order chi connectivity index (χ1) is 29.2. The zero-order chi connectivity index (χ0) is 43.8. The lowest BCUT2D eigenvalue weighted by Crippen LogP contribution is -2.38. The number of rotatable bonds is 8. The molecule has 0 bridgehead atoms. The largest absolute Gasteiger partial charge is 0.364 e. The van der Waals surface area contributed by atoms with Crippen molar-refractivity contribution in [2.45, 2.75) is 64.7 Å². The highest BCUT2D eigenvalue weighted by atomic mass is 19.1. The standard InChI is InChI=1S/C22H26N6O2.C13H16FN3O2.C9H11N3/c1-14(18-5-4-6-20-19(18)12-24-26-20)25-21-8-7-16(11-23-21)22(30)28-10-9-17(13-28)27(3)15(2)29;1-9(18)16(2)11-5-6-17(8-11)13(19)10-3-4-12(14)15-7-10;1-6(10)7-3-2-4-9-8(7)5-11-12-9/h4-8,11-12,14,17H,9-10,13H2,1-3H3,(H,23,25)(H,24,26);3-4,7,11H,5-6,8H2,1-2H3;2-6H,10H2,1H3,(H,11,12)/t14-,17-;11-;6-/m000/s1. The molecule has 0 spiro atoms. The Morgan fingerprint density at radius 3 is 1.67 bits per heavy atom. The SMILES string of the molecule is CC(=O)N(C)[C@H]1CCN(C(=O)c2ccc(F)nc2)C1.CC(=O)N(C)[C@H]1CCN(C(=O)c2ccc(N[C@@H](C)c3cccc4[nH]ncc34)nc2)C1.C[C@H](N)c1cccc2[nH]ncc12. The van der Waals surface area contributed by atoms with Crippen molar-refractivity contribution in [1.82, 2.24) is 50.0 Å². The number of likely N-dealkylation sites (tertiary alicyclic amines) is 2. The molecule has 320 valence electrons. The summed E-state index contributed by atoms with van der Waals surface area (Å²) < 4.78 is 12.7. The second-order valence-corrected chi connectivity index (χ2v) is 15.5. The minimum Gasteiger partial charge on any atom is -0.364 e. The lowest BCUT2D eigenvalue weighted by Gasteiger charge is -2.23. The average molecular weight is 833 g/mol. The van der Waals surface area contributed by atoms with Crippen molar-refractivity contribution in [3.05, 3.63) is 114 Å². The van der Waals surface area contributed by atoms with Gasteiger partial charge in [-0.1, -0.05) is 24.3 Å². The van der Waals surface area contributed by atoms with E-state index in [4.69, 9.17) is 5.73 Å². The van der Waals surface area contributed by atoms with E-state index in [2.05, 4.69) is 48.7 Å². The first-order valence-corrected chi connectivity index (χ1v) is 20.2. The molecule has 0 saturated carbocycles. The van der Waals surface area contributed by atoms with Crippen molar-refractivity contribution < 1.29 is 23.6 Å². The number of nitrogens with two attached hydrogens (primary N) is 1. The minimum atomic E-state index is -0.604. The molecule has 0 radical (unpaired) electrons. The second-order valence-electron chi connectivity index (χ2n) is 15.5. The van der Waals surface area contributed by atoms with Crippen molar-refractivity contribution in [2.75, 3.05) is 45.6 Å². The summed E-state index contributed by atoms with van der Waals surface area (Å²) in [5, 5.41) is 19.5. The van der Waals surface area contributed by atoms with Crippen LogP contribution in [0.15, 0.2) is 85.5 Å². The minimum absolute atomic E-state index is 0.0113. The molecule has 2 aromatic carbocycles. The van der Waals surface area contributed by atoms with Crippen LogP contribution in [-0.4, -0.2) is 126 Å². The number of hydrogen-bond acceptors (Lipinski definition) is 10. The van der Waals surface area contributed by atoms with Crippen molar-refractivity contribution in [2.24, 2.45) is 5.73 Å². The number of fused-ring (bicyclic) bond motifs is 2. The summed E-state index contributed by atoms with van der Waals surface area (Å²) in [6, 6.07) is 18.5. The highest BCUT2D eigenvalue weighted by Crippen LogP contribution is 2.26. The summed E-state index contributed by atoms with van der Waals surface area (Å²) in [5.41, 5.74) is 11.0.